The molecule has 0 saturated carbocycles. The molecule has 1 aliphatic heterocycles. The Balaban J connectivity index is 2.00. The number of carbonyl (C=O) groups excluding carboxylic acids is 3. The van der Waals surface area contributed by atoms with E-state index in [-0.39, 0.29) is 17.8 Å². The highest BCUT2D eigenvalue weighted by molar-refractivity contribution is 6.21. The van der Waals surface area contributed by atoms with E-state index >= 15 is 0 Å². The van der Waals surface area contributed by atoms with Gasteiger partial charge >= 0.3 is 6.03 Å². The van der Waals surface area contributed by atoms with Gasteiger partial charge in [0.25, 0.3) is 11.8 Å². The van der Waals surface area contributed by atoms with Crippen LogP contribution >= 0.6 is 0 Å². The van der Waals surface area contributed by atoms with Gasteiger partial charge in [0.1, 0.15) is 0 Å². The molecule has 0 fully saturated rings. The van der Waals surface area contributed by atoms with Crippen molar-refractivity contribution in [1.29, 1.82) is 0 Å². The van der Waals surface area contributed by atoms with Gasteiger partial charge in [0.2, 0.25) is 0 Å². The van der Waals surface area contributed by atoms with Gasteiger partial charge in [-0.05, 0) is 38.7 Å². The maximum Gasteiger partial charge on any atom is 0.319 e. The molecule has 0 spiro atoms. The number of ether oxygens (including phenoxy) is 1. The van der Waals surface area contributed by atoms with E-state index in [1.807, 2.05) is 19.0 Å². The fourth-order valence-electron chi connectivity index (χ4n) is 2.51. The number of fused-ring (bicyclic) bond motifs is 1. The Morgan fingerprint density at radius 2 is 1.92 bits per heavy atom. The third-order valence-electron chi connectivity index (χ3n) is 3.80. The summed E-state index contributed by atoms with van der Waals surface area (Å²) >= 11 is 0. The first-order chi connectivity index (χ1) is 11.9. The van der Waals surface area contributed by atoms with Crippen LogP contribution in [0.1, 0.15) is 27.1 Å². The molecule has 1 aliphatic rings. The van der Waals surface area contributed by atoms with Gasteiger partial charge in [-0.3, -0.25) is 14.5 Å². The number of anilines is 1. The van der Waals surface area contributed by atoms with Crippen molar-refractivity contribution >= 4 is 23.5 Å². The highest BCUT2D eigenvalue weighted by atomic mass is 16.5. The predicted octanol–water partition coefficient (Wildman–Crippen LogP) is 1.00. The zero-order valence-electron chi connectivity index (χ0n) is 14.8. The summed E-state index contributed by atoms with van der Waals surface area (Å²) in [6.45, 7) is 2.02. The minimum absolute atomic E-state index is 0.307. The topological polar surface area (TPSA) is 91.0 Å². The molecule has 1 aromatic rings. The van der Waals surface area contributed by atoms with E-state index in [1.165, 1.54) is 11.0 Å². The van der Waals surface area contributed by atoms with Crippen molar-refractivity contribution in [2.45, 2.75) is 6.42 Å². The summed E-state index contributed by atoms with van der Waals surface area (Å²) < 4.78 is 4.95. The van der Waals surface area contributed by atoms with Gasteiger partial charge in [0.05, 0.1) is 11.1 Å². The number of nitrogens with one attached hydrogen (secondary N) is 2. The molecule has 0 bridgehead atoms. The molecule has 1 heterocycles. The highest BCUT2D eigenvalue weighted by Crippen LogP contribution is 2.26. The number of amides is 4. The molecule has 8 nitrogen and oxygen atoms in total. The predicted molar refractivity (Wildman–Crippen MR) is 93.9 cm³/mol. The van der Waals surface area contributed by atoms with Crippen molar-refractivity contribution < 1.29 is 19.1 Å². The summed E-state index contributed by atoms with van der Waals surface area (Å²) in [5.41, 5.74) is 1.15. The van der Waals surface area contributed by atoms with Gasteiger partial charge in [0, 0.05) is 39.0 Å². The van der Waals surface area contributed by atoms with Crippen molar-refractivity contribution in [3.8, 4) is 0 Å². The summed E-state index contributed by atoms with van der Waals surface area (Å²) in [5.74, 6) is -0.647. The zero-order chi connectivity index (χ0) is 18.4. The van der Waals surface area contributed by atoms with Gasteiger partial charge in [0.15, 0.2) is 0 Å². The number of carbonyl (C=O) groups is 3. The van der Waals surface area contributed by atoms with Crippen LogP contribution in [0.3, 0.4) is 0 Å². The first-order valence-corrected chi connectivity index (χ1v) is 8.12. The highest BCUT2D eigenvalue weighted by Gasteiger charge is 2.35. The monoisotopic (exact) mass is 348 g/mol. The quantitative estimate of drug-likeness (QED) is 0.540. The number of hydrogen-bond donors (Lipinski definition) is 2. The lowest BCUT2D eigenvalue weighted by Gasteiger charge is -2.12. The molecule has 0 saturated heterocycles. The Labute approximate surface area is 147 Å². The second kappa shape index (κ2) is 8.59. The van der Waals surface area contributed by atoms with Gasteiger partial charge in [-0.2, -0.15) is 0 Å². The molecule has 4 amide bonds. The van der Waals surface area contributed by atoms with E-state index < -0.39 is 0 Å². The third-order valence-corrected chi connectivity index (χ3v) is 3.80. The SMILES string of the molecule is COCCCN1C(=O)c2ccc(NC(=O)NCCN(C)C)cc2C1=O. The number of rotatable bonds is 8. The summed E-state index contributed by atoms with van der Waals surface area (Å²) in [4.78, 5) is 39.7. The number of likely N-dealkylation sites (N-methyl/N-ethyl adjacent to an activating group) is 1. The van der Waals surface area contributed by atoms with Crippen LogP contribution in [0.2, 0.25) is 0 Å². The average molecular weight is 348 g/mol. The van der Waals surface area contributed by atoms with E-state index in [4.69, 9.17) is 4.74 Å². The average Bonchev–Trinajstić information content (AvgIpc) is 2.79. The normalized spacial score (nSPS) is 13.4. The van der Waals surface area contributed by atoms with E-state index in [1.54, 1.807) is 19.2 Å². The Morgan fingerprint density at radius 3 is 2.60 bits per heavy atom. The second-order valence-electron chi connectivity index (χ2n) is 6.05. The van der Waals surface area contributed by atoms with Crippen LogP contribution in [-0.4, -0.2) is 75.1 Å². The second-order valence-corrected chi connectivity index (χ2v) is 6.05. The standard InChI is InChI=1S/C17H24N4O4/c1-20(2)9-7-18-17(24)19-12-5-6-13-14(11-12)16(23)21(15(13)22)8-4-10-25-3/h5-6,11H,4,7-10H2,1-3H3,(H2,18,19,24). The number of urea groups is 1. The molecular formula is C17H24N4O4. The minimum atomic E-state index is -0.351. The lowest BCUT2D eigenvalue weighted by molar-refractivity contribution is 0.0638. The smallest absolute Gasteiger partial charge is 0.319 e. The lowest BCUT2D eigenvalue weighted by atomic mass is 10.1. The molecule has 0 aliphatic carbocycles. The molecule has 25 heavy (non-hydrogen) atoms. The molecule has 1 aromatic carbocycles. The van der Waals surface area contributed by atoms with Crippen molar-refractivity contribution in [3.63, 3.8) is 0 Å². The summed E-state index contributed by atoms with van der Waals surface area (Å²) in [6.07, 6.45) is 0.585. The van der Waals surface area contributed by atoms with Crippen LogP contribution in [0, 0.1) is 0 Å². The largest absolute Gasteiger partial charge is 0.385 e. The third kappa shape index (κ3) is 4.77. The molecule has 2 rings (SSSR count). The van der Waals surface area contributed by atoms with Gasteiger partial charge in [-0.1, -0.05) is 0 Å². The van der Waals surface area contributed by atoms with E-state index in [9.17, 15) is 14.4 Å². The van der Waals surface area contributed by atoms with Crippen LogP contribution in [0.4, 0.5) is 10.5 Å². The molecule has 0 unspecified atom stereocenters. The first kappa shape index (κ1) is 18.9. The number of methoxy groups -OCH3 is 1. The van der Waals surface area contributed by atoms with Crippen molar-refractivity contribution in [2.24, 2.45) is 0 Å². The Hall–Kier alpha value is -2.45. The molecule has 0 atom stereocenters. The van der Waals surface area contributed by atoms with Gasteiger partial charge < -0.3 is 20.3 Å². The Morgan fingerprint density at radius 1 is 1.20 bits per heavy atom. The molecular weight excluding hydrogens is 324 g/mol. The van der Waals surface area contributed by atoms with E-state index in [0.717, 1.165) is 6.54 Å². The number of hydrogen-bond acceptors (Lipinski definition) is 5. The van der Waals surface area contributed by atoms with Gasteiger partial charge in [-0.25, -0.2) is 4.79 Å². The molecule has 2 N–H and O–H groups in total. The summed E-state index contributed by atoms with van der Waals surface area (Å²) in [5, 5.41) is 5.40. The van der Waals surface area contributed by atoms with Crippen molar-refractivity contribution in [2.75, 3.05) is 52.8 Å². The Bertz CT molecular complexity index is 660. The summed E-state index contributed by atoms with van der Waals surface area (Å²) in [7, 11) is 5.41. The minimum Gasteiger partial charge on any atom is -0.385 e. The maximum absolute atomic E-state index is 12.4. The number of imide groups is 1. The fourth-order valence-corrected chi connectivity index (χ4v) is 2.51. The molecule has 0 radical (unpaired) electrons. The van der Waals surface area contributed by atoms with Crippen LogP contribution in [0.5, 0.6) is 0 Å². The molecule has 136 valence electrons. The Kier molecular flexibility index (Phi) is 6.49. The van der Waals surface area contributed by atoms with Crippen LogP contribution in [-0.2, 0) is 4.74 Å². The van der Waals surface area contributed by atoms with E-state index in [2.05, 4.69) is 10.6 Å². The van der Waals surface area contributed by atoms with E-state index in [0.29, 0.717) is 42.9 Å². The molecule has 8 heteroatoms. The summed E-state index contributed by atoms with van der Waals surface area (Å²) in [6, 6.07) is 4.38. The zero-order valence-corrected chi connectivity index (χ0v) is 14.8. The lowest BCUT2D eigenvalue weighted by Crippen LogP contribution is -2.34. The fraction of sp³-hybridized carbons (Fsp3) is 0.471. The molecule has 0 aromatic heterocycles. The van der Waals surface area contributed by atoms with Crippen molar-refractivity contribution in [1.82, 2.24) is 15.1 Å². The van der Waals surface area contributed by atoms with Gasteiger partial charge in [-0.15, -0.1) is 0 Å². The van der Waals surface area contributed by atoms with Crippen molar-refractivity contribution in [3.05, 3.63) is 29.3 Å². The van der Waals surface area contributed by atoms with Crippen LogP contribution < -0.4 is 10.6 Å². The van der Waals surface area contributed by atoms with Crippen LogP contribution in [0.25, 0.3) is 0 Å². The van der Waals surface area contributed by atoms with Crippen LogP contribution in [0.15, 0.2) is 18.2 Å². The maximum atomic E-state index is 12.4. The number of benzene rings is 1. The first-order valence-electron chi connectivity index (χ1n) is 8.12. The number of nitrogens with zero attached hydrogens (tertiary/aromatic N) is 2.